The molecule has 3 rings (SSSR count). The summed E-state index contributed by atoms with van der Waals surface area (Å²) in [5.74, 6) is -0.446. The first-order valence-electron chi connectivity index (χ1n) is 6.61. The Morgan fingerprint density at radius 1 is 1.26 bits per heavy atom. The van der Waals surface area contributed by atoms with Crippen molar-refractivity contribution in [1.29, 1.82) is 0 Å². The van der Waals surface area contributed by atoms with E-state index in [9.17, 15) is 4.79 Å². The summed E-state index contributed by atoms with van der Waals surface area (Å²) in [5, 5.41) is 18.2. The Balaban J connectivity index is 2.12. The van der Waals surface area contributed by atoms with Gasteiger partial charge in [0.25, 0.3) is 0 Å². The number of halogens is 1. The summed E-state index contributed by atoms with van der Waals surface area (Å²) < 4.78 is 1.77. The zero-order valence-corrected chi connectivity index (χ0v) is 13.3. The maximum absolute atomic E-state index is 10.8. The predicted octanol–water partition coefficient (Wildman–Crippen LogP) is 3.16. The fourth-order valence-electron chi connectivity index (χ4n) is 2.02. The fraction of sp³-hybridized carbons (Fsp3) is 0.0667. The number of rotatable bonds is 5. The molecule has 1 N–H and O–H groups in total. The van der Waals surface area contributed by atoms with Crippen LogP contribution in [-0.2, 0) is 4.79 Å². The smallest absolute Gasteiger partial charge is 0.313 e. The second kappa shape index (κ2) is 6.80. The Hall–Kier alpha value is -2.38. The zero-order chi connectivity index (χ0) is 16.2. The molecule has 3 aromatic rings. The minimum atomic E-state index is -0.918. The summed E-state index contributed by atoms with van der Waals surface area (Å²) >= 11 is 7.17. The Labute approximate surface area is 141 Å². The third-order valence-corrected chi connectivity index (χ3v) is 4.09. The SMILES string of the molecule is O=C(O)CSc1nnc(-c2cccnc2)n1-c1cccc(Cl)c1. The van der Waals surface area contributed by atoms with Gasteiger partial charge in [0.05, 0.1) is 11.4 Å². The molecule has 0 atom stereocenters. The van der Waals surface area contributed by atoms with Crippen LogP contribution < -0.4 is 0 Å². The van der Waals surface area contributed by atoms with Crippen molar-refractivity contribution in [2.24, 2.45) is 0 Å². The Kier molecular flexibility index (Phi) is 4.59. The quantitative estimate of drug-likeness (QED) is 0.715. The first kappa shape index (κ1) is 15.5. The van der Waals surface area contributed by atoms with Crippen LogP contribution in [-0.4, -0.2) is 36.6 Å². The van der Waals surface area contributed by atoms with E-state index in [0.29, 0.717) is 16.0 Å². The van der Waals surface area contributed by atoms with Crippen molar-refractivity contribution in [2.75, 3.05) is 5.75 Å². The van der Waals surface area contributed by atoms with Gasteiger partial charge >= 0.3 is 5.97 Å². The molecule has 0 unspecified atom stereocenters. The number of thioether (sulfide) groups is 1. The van der Waals surface area contributed by atoms with E-state index in [1.54, 1.807) is 35.2 Å². The maximum Gasteiger partial charge on any atom is 0.313 e. The minimum absolute atomic E-state index is 0.105. The second-order valence-electron chi connectivity index (χ2n) is 4.55. The van der Waals surface area contributed by atoms with Gasteiger partial charge in [-0.2, -0.15) is 0 Å². The second-order valence-corrected chi connectivity index (χ2v) is 5.92. The summed E-state index contributed by atoms with van der Waals surface area (Å²) in [7, 11) is 0. The van der Waals surface area contributed by atoms with E-state index in [1.165, 1.54) is 0 Å². The van der Waals surface area contributed by atoms with Crippen molar-refractivity contribution in [3.63, 3.8) is 0 Å². The Morgan fingerprint density at radius 2 is 2.13 bits per heavy atom. The molecule has 0 aliphatic carbocycles. The lowest BCUT2D eigenvalue weighted by atomic mass is 10.2. The summed E-state index contributed by atoms with van der Waals surface area (Å²) in [6, 6.07) is 10.9. The molecule has 0 saturated carbocycles. The van der Waals surface area contributed by atoms with E-state index in [0.717, 1.165) is 23.0 Å². The number of pyridine rings is 1. The molecule has 6 nitrogen and oxygen atoms in total. The van der Waals surface area contributed by atoms with E-state index >= 15 is 0 Å². The molecule has 2 aromatic heterocycles. The van der Waals surface area contributed by atoms with Crippen molar-refractivity contribution >= 4 is 29.3 Å². The third kappa shape index (κ3) is 3.52. The van der Waals surface area contributed by atoms with Crippen molar-refractivity contribution in [1.82, 2.24) is 19.7 Å². The first-order chi connectivity index (χ1) is 11.1. The van der Waals surface area contributed by atoms with Crippen LogP contribution in [0.1, 0.15) is 0 Å². The monoisotopic (exact) mass is 346 g/mol. The van der Waals surface area contributed by atoms with Crippen LogP contribution in [0.4, 0.5) is 0 Å². The summed E-state index contributed by atoms with van der Waals surface area (Å²) in [6.07, 6.45) is 3.35. The van der Waals surface area contributed by atoms with Gasteiger partial charge in [-0.3, -0.25) is 14.3 Å². The van der Waals surface area contributed by atoms with Gasteiger partial charge < -0.3 is 5.11 Å². The summed E-state index contributed by atoms with van der Waals surface area (Å²) in [5.41, 5.74) is 1.54. The minimum Gasteiger partial charge on any atom is -0.481 e. The van der Waals surface area contributed by atoms with E-state index in [2.05, 4.69) is 15.2 Å². The molecule has 0 aliphatic heterocycles. The molecule has 0 saturated heterocycles. The standard InChI is InChI=1S/C15H11ClN4O2S/c16-11-4-1-5-12(7-11)20-14(10-3-2-6-17-8-10)18-19-15(20)23-9-13(21)22/h1-8H,9H2,(H,21,22). The fourth-order valence-corrected chi connectivity index (χ4v) is 2.88. The number of carboxylic acids is 1. The Morgan fingerprint density at radius 3 is 2.83 bits per heavy atom. The van der Waals surface area contributed by atoms with Crippen LogP contribution in [0, 0.1) is 0 Å². The highest BCUT2D eigenvalue weighted by Gasteiger charge is 2.17. The largest absolute Gasteiger partial charge is 0.481 e. The third-order valence-electron chi connectivity index (χ3n) is 2.94. The van der Waals surface area contributed by atoms with E-state index in [-0.39, 0.29) is 5.75 Å². The van der Waals surface area contributed by atoms with Crippen LogP contribution in [0.15, 0.2) is 53.9 Å². The number of hydrogen-bond acceptors (Lipinski definition) is 5. The van der Waals surface area contributed by atoms with Gasteiger partial charge in [0.15, 0.2) is 11.0 Å². The van der Waals surface area contributed by atoms with Crippen LogP contribution in [0.5, 0.6) is 0 Å². The number of benzene rings is 1. The van der Waals surface area contributed by atoms with E-state index < -0.39 is 5.97 Å². The van der Waals surface area contributed by atoms with Crippen LogP contribution in [0.2, 0.25) is 5.02 Å². The first-order valence-corrected chi connectivity index (χ1v) is 7.98. The topological polar surface area (TPSA) is 80.9 Å². The molecular formula is C15H11ClN4O2S. The van der Waals surface area contributed by atoms with Gasteiger partial charge in [0.2, 0.25) is 0 Å². The average molecular weight is 347 g/mol. The van der Waals surface area contributed by atoms with Crippen LogP contribution in [0.3, 0.4) is 0 Å². The van der Waals surface area contributed by atoms with Crippen molar-refractivity contribution in [3.8, 4) is 17.1 Å². The predicted molar refractivity (Wildman–Crippen MR) is 88.0 cm³/mol. The molecule has 0 amide bonds. The normalized spacial score (nSPS) is 10.7. The molecule has 8 heteroatoms. The van der Waals surface area contributed by atoms with Crippen LogP contribution in [0.25, 0.3) is 17.1 Å². The summed E-state index contributed by atoms with van der Waals surface area (Å²) in [6.45, 7) is 0. The van der Waals surface area contributed by atoms with E-state index in [1.807, 2.05) is 18.2 Å². The van der Waals surface area contributed by atoms with Crippen molar-refractivity contribution < 1.29 is 9.90 Å². The molecule has 2 heterocycles. The number of nitrogens with zero attached hydrogens (tertiary/aromatic N) is 4. The van der Waals surface area contributed by atoms with Gasteiger partial charge in [0, 0.05) is 23.0 Å². The Bertz CT molecular complexity index is 839. The molecule has 1 aromatic carbocycles. The maximum atomic E-state index is 10.8. The van der Waals surface area contributed by atoms with Gasteiger partial charge in [0.1, 0.15) is 0 Å². The number of aromatic nitrogens is 4. The van der Waals surface area contributed by atoms with Gasteiger partial charge in [-0.05, 0) is 30.3 Å². The average Bonchev–Trinajstić information content (AvgIpc) is 2.97. The lowest BCUT2D eigenvalue weighted by Crippen LogP contribution is -2.03. The molecule has 0 radical (unpaired) electrons. The number of carbonyl (C=O) groups is 1. The molecular weight excluding hydrogens is 336 g/mol. The zero-order valence-electron chi connectivity index (χ0n) is 11.8. The number of aliphatic carboxylic acids is 1. The van der Waals surface area contributed by atoms with E-state index in [4.69, 9.17) is 16.7 Å². The molecule has 0 aliphatic rings. The highest BCUT2D eigenvalue weighted by atomic mass is 35.5. The number of hydrogen-bond donors (Lipinski definition) is 1. The highest BCUT2D eigenvalue weighted by Crippen LogP contribution is 2.28. The van der Waals surface area contributed by atoms with Gasteiger partial charge in [-0.1, -0.05) is 29.4 Å². The molecule has 0 bridgehead atoms. The molecule has 0 fully saturated rings. The van der Waals surface area contributed by atoms with Gasteiger partial charge in [-0.25, -0.2) is 0 Å². The summed E-state index contributed by atoms with van der Waals surface area (Å²) in [4.78, 5) is 14.9. The van der Waals surface area contributed by atoms with Gasteiger partial charge in [-0.15, -0.1) is 10.2 Å². The van der Waals surface area contributed by atoms with Crippen LogP contribution >= 0.6 is 23.4 Å². The van der Waals surface area contributed by atoms with Crippen molar-refractivity contribution in [3.05, 3.63) is 53.8 Å². The molecule has 116 valence electrons. The van der Waals surface area contributed by atoms with Crippen molar-refractivity contribution in [2.45, 2.75) is 5.16 Å². The lowest BCUT2D eigenvalue weighted by Gasteiger charge is -2.10. The molecule has 23 heavy (non-hydrogen) atoms. The highest BCUT2D eigenvalue weighted by molar-refractivity contribution is 7.99. The number of carboxylic acid groups (broad SMARTS) is 1. The molecule has 0 spiro atoms. The lowest BCUT2D eigenvalue weighted by molar-refractivity contribution is -0.133.